The number of hydrogen-bond donors (Lipinski definition) is 1. The lowest BCUT2D eigenvalue weighted by atomic mass is 10.1. The van der Waals surface area contributed by atoms with E-state index in [-0.39, 0.29) is 5.97 Å². The normalized spacial score (nSPS) is 10.0. The van der Waals surface area contributed by atoms with Gasteiger partial charge in [0.2, 0.25) is 0 Å². The molecule has 0 saturated heterocycles. The van der Waals surface area contributed by atoms with E-state index in [9.17, 15) is 4.79 Å². The highest BCUT2D eigenvalue weighted by Crippen LogP contribution is 2.20. The summed E-state index contributed by atoms with van der Waals surface area (Å²) in [5.74, 6) is -0.303. The average Bonchev–Trinajstić information content (AvgIpc) is 2.28. The fourth-order valence-corrected chi connectivity index (χ4v) is 1.60. The molecule has 0 aromatic heterocycles. The smallest absolute Gasteiger partial charge is 0.337 e. The van der Waals surface area contributed by atoms with Gasteiger partial charge in [-0.1, -0.05) is 0 Å². The van der Waals surface area contributed by atoms with E-state index in [2.05, 4.69) is 5.32 Å². The van der Waals surface area contributed by atoms with Gasteiger partial charge >= 0.3 is 5.97 Å². The summed E-state index contributed by atoms with van der Waals surface area (Å²) in [5.41, 5.74) is 2.76. The van der Waals surface area contributed by atoms with Crippen LogP contribution >= 0.6 is 0 Å². The Morgan fingerprint density at radius 1 is 1.44 bits per heavy atom. The number of nitrogens with one attached hydrogen (secondary N) is 1. The zero-order valence-electron chi connectivity index (χ0n) is 10.2. The predicted octanol–water partition coefficient (Wildman–Crippen LogP) is 1.26. The van der Waals surface area contributed by atoms with E-state index < -0.39 is 0 Å². The topological polar surface area (TPSA) is 41.6 Å². The maximum absolute atomic E-state index is 11.4. The summed E-state index contributed by atoms with van der Waals surface area (Å²) in [4.78, 5) is 13.4. The Balaban J connectivity index is 3.11. The van der Waals surface area contributed by atoms with E-state index in [1.54, 1.807) is 6.07 Å². The molecule has 0 amide bonds. The monoisotopic (exact) mass is 222 g/mol. The molecule has 0 aliphatic carbocycles. The van der Waals surface area contributed by atoms with E-state index in [0.717, 1.165) is 17.8 Å². The van der Waals surface area contributed by atoms with E-state index >= 15 is 0 Å². The lowest BCUT2D eigenvalue weighted by Crippen LogP contribution is -2.16. The SMILES string of the molecule is CNCc1cc(C(=O)OC)ccc1N(C)C. The molecule has 0 aliphatic heterocycles. The van der Waals surface area contributed by atoms with Gasteiger partial charge in [0, 0.05) is 26.3 Å². The quantitative estimate of drug-likeness (QED) is 0.779. The van der Waals surface area contributed by atoms with Gasteiger partial charge in [0.1, 0.15) is 0 Å². The van der Waals surface area contributed by atoms with Crippen molar-refractivity contribution in [1.29, 1.82) is 0 Å². The van der Waals surface area contributed by atoms with E-state index in [0.29, 0.717) is 5.56 Å². The largest absolute Gasteiger partial charge is 0.465 e. The minimum atomic E-state index is -0.303. The molecule has 0 heterocycles. The lowest BCUT2D eigenvalue weighted by Gasteiger charge is -2.18. The number of anilines is 1. The lowest BCUT2D eigenvalue weighted by molar-refractivity contribution is 0.0600. The van der Waals surface area contributed by atoms with Gasteiger partial charge in [-0.25, -0.2) is 4.79 Å². The number of nitrogens with zero attached hydrogens (tertiary/aromatic N) is 1. The van der Waals surface area contributed by atoms with Crippen molar-refractivity contribution >= 4 is 11.7 Å². The third kappa shape index (κ3) is 2.73. The molecule has 1 aromatic rings. The van der Waals surface area contributed by atoms with Crippen LogP contribution in [0.25, 0.3) is 0 Å². The molecule has 0 atom stereocenters. The number of methoxy groups -OCH3 is 1. The number of benzene rings is 1. The van der Waals surface area contributed by atoms with Crippen molar-refractivity contribution in [2.45, 2.75) is 6.54 Å². The molecule has 0 bridgehead atoms. The fourth-order valence-electron chi connectivity index (χ4n) is 1.60. The Bertz CT molecular complexity index is 375. The summed E-state index contributed by atoms with van der Waals surface area (Å²) in [6.45, 7) is 0.721. The molecule has 1 rings (SSSR count). The van der Waals surface area contributed by atoms with Crippen LogP contribution in [0.3, 0.4) is 0 Å². The highest BCUT2D eigenvalue weighted by Gasteiger charge is 2.10. The average molecular weight is 222 g/mol. The molecule has 88 valence electrons. The Labute approximate surface area is 96.2 Å². The second-order valence-corrected chi connectivity index (χ2v) is 3.76. The van der Waals surface area contributed by atoms with E-state index in [1.807, 2.05) is 38.2 Å². The van der Waals surface area contributed by atoms with Gasteiger partial charge < -0.3 is 15.0 Å². The van der Waals surface area contributed by atoms with Crippen LogP contribution in [0.15, 0.2) is 18.2 Å². The van der Waals surface area contributed by atoms with Gasteiger partial charge in [-0.15, -0.1) is 0 Å². The van der Waals surface area contributed by atoms with Crippen LogP contribution in [0.5, 0.6) is 0 Å². The van der Waals surface area contributed by atoms with Gasteiger partial charge in [-0.05, 0) is 30.8 Å². The second-order valence-electron chi connectivity index (χ2n) is 3.76. The van der Waals surface area contributed by atoms with Crippen LogP contribution in [0.1, 0.15) is 15.9 Å². The second kappa shape index (κ2) is 5.51. The van der Waals surface area contributed by atoms with E-state index in [1.165, 1.54) is 7.11 Å². The molecule has 0 fully saturated rings. The number of rotatable bonds is 4. The van der Waals surface area contributed by atoms with Gasteiger partial charge in [0.25, 0.3) is 0 Å². The number of ether oxygens (including phenoxy) is 1. The van der Waals surface area contributed by atoms with Crippen LogP contribution in [0, 0.1) is 0 Å². The molecule has 0 aliphatic rings. The third-order valence-corrected chi connectivity index (χ3v) is 2.35. The standard InChI is InChI=1S/C12H18N2O2/c1-13-8-10-7-9(12(15)16-4)5-6-11(10)14(2)3/h5-7,13H,8H2,1-4H3. The summed E-state index contributed by atoms with van der Waals surface area (Å²) in [7, 11) is 7.23. The van der Waals surface area contributed by atoms with Crippen molar-refractivity contribution < 1.29 is 9.53 Å². The molecular formula is C12H18N2O2. The fraction of sp³-hybridized carbons (Fsp3) is 0.417. The van der Waals surface area contributed by atoms with Crippen molar-refractivity contribution in [2.75, 3.05) is 33.2 Å². The first-order valence-electron chi connectivity index (χ1n) is 5.13. The molecule has 1 aromatic carbocycles. The minimum absolute atomic E-state index is 0.303. The first-order valence-corrected chi connectivity index (χ1v) is 5.13. The number of hydrogen-bond acceptors (Lipinski definition) is 4. The van der Waals surface area contributed by atoms with Crippen LogP contribution in [0.2, 0.25) is 0 Å². The van der Waals surface area contributed by atoms with Crippen LogP contribution in [-0.4, -0.2) is 34.2 Å². The molecule has 0 saturated carbocycles. The zero-order chi connectivity index (χ0) is 12.1. The molecule has 1 N–H and O–H groups in total. The van der Waals surface area contributed by atoms with Crippen molar-refractivity contribution in [1.82, 2.24) is 5.32 Å². The van der Waals surface area contributed by atoms with Crippen molar-refractivity contribution in [3.63, 3.8) is 0 Å². The van der Waals surface area contributed by atoms with Gasteiger partial charge in [-0.3, -0.25) is 0 Å². The van der Waals surface area contributed by atoms with Gasteiger partial charge in [0.05, 0.1) is 12.7 Å². The molecule has 4 heteroatoms. The Morgan fingerprint density at radius 2 is 2.12 bits per heavy atom. The van der Waals surface area contributed by atoms with Crippen molar-refractivity contribution in [3.05, 3.63) is 29.3 Å². The van der Waals surface area contributed by atoms with Crippen LogP contribution < -0.4 is 10.2 Å². The van der Waals surface area contributed by atoms with Crippen LogP contribution in [-0.2, 0) is 11.3 Å². The maximum atomic E-state index is 11.4. The van der Waals surface area contributed by atoms with Gasteiger partial charge in [0.15, 0.2) is 0 Å². The summed E-state index contributed by atoms with van der Waals surface area (Å²) in [6.07, 6.45) is 0. The first kappa shape index (κ1) is 12.5. The Kier molecular flexibility index (Phi) is 4.31. The Hall–Kier alpha value is -1.55. The van der Waals surface area contributed by atoms with E-state index in [4.69, 9.17) is 4.74 Å². The van der Waals surface area contributed by atoms with Crippen molar-refractivity contribution in [3.8, 4) is 0 Å². The summed E-state index contributed by atoms with van der Waals surface area (Å²) in [6, 6.07) is 5.57. The molecular weight excluding hydrogens is 204 g/mol. The molecule has 4 nitrogen and oxygen atoms in total. The molecule has 16 heavy (non-hydrogen) atoms. The molecule has 0 unspecified atom stereocenters. The van der Waals surface area contributed by atoms with Gasteiger partial charge in [-0.2, -0.15) is 0 Å². The third-order valence-electron chi connectivity index (χ3n) is 2.35. The molecule has 0 spiro atoms. The first-order chi connectivity index (χ1) is 7.60. The zero-order valence-corrected chi connectivity index (χ0v) is 10.2. The Morgan fingerprint density at radius 3 is 2.62 bits per heavy atom. The van der Waals surface area contributed by atoms with Crippen molar-refractivity contribution in [2.24, 2.45) is 0 Å². The number of esters is 1. The summed E-state index contributed by atoms with van der Waals surface area (Å²) >= 11 is 0. The highest BCUT2D eigenvalue weighted by atomic mass is 16.5. The summed E-state index contributed by atoms with van der Waals surface area (Å²) < 4.78 is 4.70. The van der Waals surface area contributed by atoms with Crippen LogP contribution in [0.4, 0.5) is 5.69 Å². The minimum Gasteiger partial charge on any atom is -0.465 e. The maximum Gasteiger partial charge on any atom is 0.337 e. The number of carbonyl (C=O) groups is 1. The highest BCUT2D eigenvalue weighted by molar-refractivity contribution is 5.90. The predicted molar refractivity (Wildman–Crippen MR) is 64.9 cm³/mol. The number of carbonyl (C=O) groups excluding carboxylic acids is 1. The summed E-state index contributed by atoms with van der Waals surface area (Å²) in [5, 5.41) is 3.08. The molecule has 0 radical (unpaired) electrons.